The molecule has 0 saturated heterocycles. The molecule has 0 amide bonds. The first-order valence-corrected chi connectivity index (χ1v) is 20.1. The third-order valence-corrected chi connectivity index (χ3v) is 13.6. The van der Waals surface area contributed by atoms with Gasteiger partial charge in [0.25, 0.3) is 0 Å². The molecule has 4 aromatic rings. The molecule has 0 N–H and O–H groups in total. The summed E-state index contributed by atoms with van der Waals surface area (Å²) in [6.45, 7) is 3.11. The molecule has 0 unspecified atom stereocenters. The van der Waals surface area contributed by atoms with Crippen LogP contribution in [0.3, 0.4) is 0 Å². The van der Waals surface area contributed by atoms with Gasteiger partial charge in [0.15, 0.2) is 0 Å². The number of rotatable bonds is 23. The predicted molar refractivity (Wildman–Crippen MR) is 200 cm³/mol. The maximum atomic E-state index is 6.17. The monoisotopic (exact) mass is 621 g/mol. The van der Waals surface area contributed by atoms with Gasteiger partial charge in [0.2, 0.25) is 0 Å². The van der Waals surface area contributed by atoms with Gasteiger partial charge in [0, 0.05) is 0 Å². The van der Waals surface area contributed by atoms with Crippen LogP contribution < -0.4 is 20.7 Å². The summed E-state index contributed by atoms with van der Waals surface area (Å²) in [6.07, 6.45) is 23.3. The Kier molecular flexibility index (Phi) is 16.3. The maximum absolute atomic E-state index is 6.17. The highest BCUT2D eigenvalue weighted by Crippen LogP contribution is 2.58. The molecule has 0 spiro atoms. The number of unbranched alkanes of at least 4 members (excludes halogenated alkanes) is 15. The van der Waals surface area contributed by atoms with E-state index in [-0.39, 0.29) is 0 Å². The lowest BCUT2D eigenvalue weighted by molar-refractivity contribution is 0.304. The molecule has 0 aliphatic carbocycles. The van der Waals surface area contributed by atoms with E-state index in [0.29, 0.717) is 0 Å². The van der Waals surface area contributed by atoms with Gasteiger partial charge in [-0.1, -0.05) is 170 Å². The molecule has 0 aliphatic rings. The Morgan fingerprint density at radius 1 is 0.400 bits per heavy atom. The molecule has 1 nitrogen and oxygen atoms in total. The molecule has 0 bridgehead atoms. The Bertz CT molecular complexity index is 1170. The van der Waals surface area contributed by atoms with E-state index in [9.17, 15) is 0 Å². The summed E-state index contributed by atoms with van der Waals surface area (Å²) in [7, 11) is -1.89. The lowest BCUT2D eigenvalue weighted by Crippen LogP contribution is -2.32. The van der Waals surface area contributed by atoms with E-state index in [2.05, 4.69) is 122 Å². The Morgan fingerprint density at radius 3 is 1.13 bits per heavy atom. The molecular formula is C43H58OP+. The van der Waals surface area contributed by atoms with Crippen molar-refractivity contribution in [2.45, 2.75) is 116 Å². The van der Waals surface area contributed by atoms with Gasteiger partial charge >= 0.3 is 0 Å². The minimum absolute atomic E-state index is 0.812. The lowest BCUT2D eigenvalue weighted by atomic mass is 10.0. The number of hydrogen-bond acceptors (Lipinski definition) is 1. The van der Waals surface area contributed by atoms with Crippen LogP contribution in [-0.4, -0.2) is 6.61 Å². The molecular weight excluding hydrogens is 563 g/mol. The fourth-order valence-corrected chi connectivity index (χ4v) is 10.8. The van der Waals surface area contributed by atoms with Crippen molar-refractivity contribution in [2.75, 3.05) is 6.61 Å². The van der Waals surface area contributed by atoms with E-state index in [1.165, 1.54) is 118 Å². The topological polar surface area (TPSA) is 9.23 Å². The second kappa shape index (κ2) is 21.0. The Labute approximate surface area is 276 Å². The Morgan fingerprint density at radius 2 is 0.756 bits per heavy atom. The van der Waals surface area contributed by atoms with Gasteiger partial charge in [-0.15, -0.1) is 0 Å². The molecule has 2 heteroatoms. The zero-order valence-corrected chi connectivity index (χ0v) is 28.9. The van der Waals surface area contributed by atoms with Gasteiger partial charge < -0.3 is 4.74 Å². The molecule has 0 heterocycles. The van der Waals surface area contributed by atoms with Crippen molar-refractivity contribution < 1.29 is 4.74 Å². The van der Waals surface area contributed by atoms with Crippen LogP contribution in [0.1, 0.15) is 115 Å². The first-order valence-electron chi connectivity index (χ1n) is 18.1. The van der Waals surface area contributed by atoms with Crippen LogP contribution in [-0.2, 0) is 6.16 Å². The fourth-order valence-electron chi connectivity index (χ4n) is 6.57. The molecule has 4 rings (SSSR count). The summed E-state index contributed by atoms with van der Waals surface area (Å²) >= 11 is 0. The molecule has 0 aromatic heterocycles. The number of ether oxygens (including phenoxy) is 1. The van der Waals surface area contributed by atoms with Crippen molar-refractivity contribution in [2.24, 2.45) is 0 Å². The first kappa shape index (κ1) is 35.0. The quantitative estimate of drug-likeness (QED) is 0.0591. The highest BCUT2D eigenvalue weighted by molar-refractivity contribution is 7.95. The minimum atomic E-state index is -1.89. The van der Waals surface area contributed by atoms with Gasteiger partial charge in [-0.25, -0.2) is 0 Å². The molecule has 240 valence electrons. The van der Waals surface area contributed by atoms with Crippen LogP contribution >= 0.6 is 7.26 Å². The summed E-state index contributed by atoms with van der Waals surface area (Å²) in [6, 6.07) is 42.4. The van der Waals surface area contributed by atoms with Crippen LogP contribution in [0, 0.1) is 0 Å². The van der Waals surface area contributed by atoms with E-state index >= 15 is 0 Å². The van der Waals surface area contributed by atoms with Crippen LogP contribution in [0.5, 0.6) is 5.75 Å². The van der Waals surface area contributed by atoms with E-state index in [1.54, 1.807) is 0 Å². The van der Waals surface area contributed by atoms with Gasteiger partial charge in [0.1, 0.15) is 28.9 Å². The molecule has 0 atom stereocenters. The normalized spacial score (nSPS) is 11.5. The lowest BCUT2D eigenvalue weighted by Gasteiger charge is -2.28. The van der Waals surface area contributed by atoms with Crippen LogP contribution in [0.15, 0.2) is 115 Å². The van der Waals surface area contributed by atoms with E-state index in [4.69, 9.17) is 4.74 Å². The predicted octanol–water partition coefficient (Wildman–Crippen LogP) is 11.8. The number of hydrogen-bond donors (Lipinski definition) is 0. The van der Waals surface area contributed by atoms with E-state index < -0.39 is 7.26 Å². The summed E-state index contributed by atoms with van der Waals surface area (Å²) in [5.74, 6) is 0.989. The zero-order valence-electron chi connectivity index (χ0n) is 28.1. The molecule has 0 fully saturated rings. The molecule has 45 heavy (non-hydrogen) atoms. The summed E-state index contributed by atoms with van der Waals surface area (Å²) < 4.78 is 6.17. The largest absolute Gasteiger partial charge is 0.494 e. The van der Waals surface area contributed by atoms with Crippen molar-refractivity contribution in [3.63, 3.8) is 0 Å². The first-order chi connectivity index (χ1) is 22.3. The second-order valence-electron chi connectivity index (χ2n) is 12.8. The van der Waals surface area contributed by atoms with Gasteiger partial charge in [-0.2, -0.15) is 0 Å². The number of benzene rings is 4. The molecule has 0 saturated carbocycles. The second-order valence-corrected chi connectivity index (χ2v) is 16.3. The van der Waals surface area contributed by atoms with E-state index in [0.717, 1.165) is 24.9 Å². The minimum Gasteiger partial charge on any atom is -0.494 e. The summed E-state index contributed by atoms with van der Waals surface area (Å²) in [5, 5.41) is 4.27. The average Bonchev–Trinajstić information content (AvgIpc) is 3.10. The Hall–Kier alpha value is -2.89. The van der Waals surface area contributed by atoms with Crippen LogP contribution in [0.4, 0.5) is 0 Å². The molecule has 4 aromatic carbocycles. The third kappa shape index (κ3) is 11.8. The SMILES string of the molecule is CCCCCCCCCCCCCCCCCCOc1ccc(C[P+](c2ccccc2)(c2ccccc2)c2ccccc2)cc1. The van der Waals surface area contributed by atoms with Crippen LogP contribution in [0.25, 0.3) is 0 Å². The fraction of sp³-hybridized carbons (Fsp3) is 0.442. The van der Waals surface area contributed by atoms with Crippen molar-refractivity contribution in [3.8, 4) is 5.75 Å². The van der Waals surface area contributed by atoms with Crippen molar-refractivity contribution in [3.05, 3.63) is 121 Å². The van der Waals surface area contributed by atoms with Gasteiger partial charge in [0.05, 0.1) is 12.8 Å². The molecule has 0 aliphatic heterocycles. The van der Waals surface area contributed by atoms with Gasteiger partial charge in [-0.05, 0) is 60.5 Å². The van der Waals surface area contributed by atoms with Crippen molar-refractivity contribution in [1.82, 2.24) is 0 Å². The highest BCUT2D eigenvalue weighted by atomic mass is 31.2. The van der Waals surface area contributed by atoms with Gasteiger partial charge in [-0.3, -0.25) is 0 Å². The summed E-state index contributed by atoms with van der Waals surface area (Å²) in [4.78, 5) is 0. The maximum Gasteiger partial charge on any atom is 0.119 e. The molecule has 0 radical (unpaired) electrons. The smallest absolute Gasteiger partial charge is 0.119 e. The van der Waals surface area contributed by atoms with Crippen molar-refractivity contribution >= 4 is 23.2 Å². The highest BCUT2D eigenvalue weighted by Gasteiger charge is 2.45. The standard InChI is InChI=1S/C43H58OP/c1-2-3-4-5-6-7-8-9-10-11-12-13-14-15-16-26-37-44-40-35-33-39(34-36-40)38-45(41-27-20-17-21-28-41,42-29-22-18-23-30-42)43-31-24-19-25-32-43/h17-25,27-36H,2-16,26,37-38H2,1H3/q+1. The van der Waals surface area contributed by atoms with Crippen molar-refractivity contribution in [1.29, 1.82) is 0 Å². The zero-order chi connectivity index (χ0) is 31.3. The Balaban J connectivity index is 1.18. The third-order valence-electron chi connectivity index (χ3n) is 9.20. The summed E-state index contributed by atoms with van der Waals surface area (Å²) in [5.41, 5.74) is 1.36. The van der Waals surface area contributed by atoms with Crippen LogP contribution in [0.2, 0.25) is 0 Å². The average molecular weight is 622 g/mol. The van der Waals surface area contributed by atoms with E-state index in [1.807, 2.05) is 0 Å².